The Bertz CT molecular complexity index is 1240. The van der Waals surface area contributed by atoms with Gasteiger partial charge in [-0.2, -0.15) is 15.5 Å². The lowest BCUT2D eigenvalue weighted by Crippen LogP contribution is -2.36. The van der Waals surface area contributed by atoms with E-state index in [1.54, 1.807) is 12.4 Å². The lowest BCUT2D eigenvalue weighted by atomic mass is 9.83. The third-order valence-electron chi connectivity index (χ3n) is 6.43. The summed E-state index contributed by atoms with van der Waals surface area (Å²) >= 11 is 0. The number of halogens is 1. The molecule has 2 fully saturated rings. The molecule has 30 heavy (non-hydrogen) atoms. The topological polar surface area (TPSA) is 101 Å². The number of carbonyl (C=O) groups is 1. The highest BCUT2D eigenvalue weighted by atomic mass is 19.1. The fourth-order valence-corrected chi connectivity index (χ4v) is 4.66. The zero-order valence-corrected chi connectivity index (χ0v) is 16.1. The van der Waals surface area contributed by atoms with Gasteiger partial charge >= 0.3 is 0 Å². The number of carbonyl (C=O) groups excluding carboxylic acids is 1. The number of aromatic nitrogens is 5. The Kier molecular flexibility index (Phi) is 3.56. The van der Waals surface area contributed by atoms with Crippen LogP contribution in [0.4, 0.5) is 10.2 Å². The molecule has 5 heterocycles. The smallest absolute Gasteiger partial charge is 0.249 e. The van der Waals surface area contributed by atoms with E-state index in [1.165, 1.54) is 9.42 Å². The van der Waals surface area contributed by atoms with Crippen molar-refractivity contribution in [2.75, 3.05) is 18.1 Å². The molecule has 10 heteroatoms. The summed E-state index contributed by atoms with van der Waals surface area (Å²) in [6.45, 7) is 1.97. The highest BCUT2D eigenvalue weighted by Gasteiger charge is 2.57. The molecule has 3 aromatic heterocycles. The number of hydrogen-bond donors (Lipinski definition) is 0. The van der Waals surface area contributed by atoms with Gasteiger partial charge < -0.3 is 4.74 Å². The summed E-state index contributed by atoms with van der Waals surface area (Å²) in [6, 6.07) is 2.26. The van der Waals surface area contributed by atoms with E-state index >= 15 is 0 Å². The largest absolute Gasteiger partial charge is 0.373 e. The molecule has 1 atom stereocenters. The van der Waals surface area contributed by atoms with Crippen LogP contribution in [0.25, 0.3) is 16.8 Å². The fraction of sp³-hybridized carbons (Fsp3) is 0.450. The van der Waals surface area contributed by atoms with Gasteiger partial charge in [-0.05, 0) is 25.2 Å². The van der Waals surface area contributed by atoms with Crippen LogP contribution >= 0.6 is 0 Å². The SMILES string of the molecule is N#C[C@@]1(C2CC2)CCN(c2nc(-c3cnn4c3COCC4)cn3ncc(F)c23)C1=O. The molecular formula is C20H18FN7O2. The van der Waals surface area contributed by atoms with Gasteiger partial charge in [-0.25, -0.2) is 13.9 Å². The van der Waals surface area contributed by atoms with E-state index in [2.05, 4.69) is 21.3 Å². The van der Waals surface area contributed by atoms with Gasteiger partial charge in [0.05, 0.1) is 55.8 Å². The molecule has 0 aromatic carbocycles. The van der Waals surface area contributed by atoms with Gasteiger partial charge in [0.25, 0.3) is 0 Å². The van der Waals surface area contributed by atoms with Crippen molar-refractivity contribution < 1.29 is 13.9 Å². The Hall–Kier alpha value is -3.32. The number of amides is 1. The molecule has 3 aliphatic rings. The normalized spacial score (nSPS) is 23.7. The van der Waals surface area contributed by atoms with Crippen molar-refractivity contribution in [2.45, 2.75) is 32.4 Å². The predicted octanol–water partition coefficient (Wildman–Crippen LogP) is 1.92. The van der Waals surface area contributed by atoms with Crippen molar-refractivity contribution >= 4 is 17.2 Å². The first-order valence-corrected chi connectivity index (χ1v) is 10.0. The number of nitriles is 1. The number of fused-ring (bicyclic) bond motifs is 2. The van der Waals surface area contributed by atoms with Crippen LogP contribution in [0.5, 0.6) is 0 Å². The lowest BCUT2D eigenvalue weighted by molar-refractivity contribution is -0.123. The maximum atomic E-state index is 14.6. The summed E-state index contributed by atoms with van der Waals surface area (Å²) < 4.78 is 23.4. The van der Waals surface area contributed by atoms with E-state index in [0.717, 1.165) is 30.3 Å². The van der Waals surface area contributed by atoms with E-state index in [0.29, 0.717) is 38.4 Å². The van der Waals surface area contributed by atoms with Gasteiger partial charge in [-0.3, -0.25) is 14.4 Å². The summed E-state index contributed by atoms with van der Waals surface area (Å²) in [5, 5.41) is 18.3. The third-order valence-corrected chi connectivity index (χ3v) is 6.43. The Balaban J connectivity index is 1.51. The second-order valence-electron chi connectivity index (χ2n) is 8.08. The number of hydrogen-bond acceptors (Lipinski definition) is 6. The van der Waals surface area contributed by atoms with Crippen molar-refractivity contribution in [1.82, 2.24) is 24.4 Å². The standard InChI is InChI=1S/C20H18FN7O2/c21-14-8-24-28-9-15(13-7-23-27-5-6-30-10-16(13)27)25-18(17(14)28)26-4-3-20(11-22,19(26)29)12-1-2-12/h7-9,12H,1-6,10H2/t20-/m1/s1. The van der Waals surface area contributed by atoms with E-state index in [1.807, 2.05) is 4.68 Å². The van der Waals surface area contributed by atoms with Crippen LogP contribution < -0.4 is 4.90 Å². The monoisotopic (exact) mass is 407 g/mol. The van der Waals surface area contributed by atoms with Gasteiger partial charge in [0, 0.05) is 12.1 Å². The highest BCUT2D eigenvalue weighted by Crippen LogP contribution is 2.52. The molecular weight excluding hydrogens is 389 g/mol. The van der Waals surface area contributed by atoms with Crippen molar-refractivity contribution in [2.24, 2.45) is 11.3 Å². The van der Waals surface area contributed by atoms with Crippen molar-refractivity contribution in [3.05, 3.63) is 30.1 Å². The minimum atomic E-state index is -1.03. The number of anilines is 1. The molecule has 152 valence electrons. The van der Waals surface area contributed by atoms with Gasteiger partial charge in [0.2, 0.25) is 5.91 Å². The number of rotatable bonds is 3. The van der Waals surface area contributed by atoms with Gasteiger partial charge in [0.15, 0.2) is 11.6 Å². The van der Waals surface area contributed by atoms with Crippen molar-refractivity contribution in [3.8, 4) is 17.3 Å². The van der Waals surface area contributed by atoms with Crippen LogP contribution in [0.15, 0.2) is 18.6 Å². The zero-order chi connectivity index (χ0) is 20.5. The molecule has 9 nitrogen and oxygen atoms in total. The summed E-state index contributed by atoms with van der Waals surface area (Å²) in [5.41, 5.74) is 1.27. The minimum absolute atomic E-state index is 0.0776. The molecule has 6 rings (SSSR count). The van der Waals surface area contributed by atoms with E-state index < -0.39 is 11.2 Å². The minimum Gasteiger partial charge on any atom is -0.373 e. The third kappa shape index (κ3) is 2.29. The summed E-state index contributed by atoms with van der Waals surface area (Å²) in [4.78, 5) is 19.5. The summed E-state index contributed by atoms with van der Waals surface area (Å²) in [7, 11) is 0. The highest BCUT2D eigenvalue weighted by molar-refractivity contribution is 6.04. The van der Waals surface area contributed by atoms with Crippen LogP contribution in [0.3, 0.4) is 0 Å². The molecule has 0 unspecified atom stereocenters. The Morgan fingerprint density at radius 1 is 1.27 bits per heavy atom. The zero-order valence-electron chi connectivity index (χ0n) is 16.1. The first-order chi connectivity index (χ1) is 14.6. The average molecular weight is 407 g/mol. The van der Waals surface area contributed by atoms with Crippen LogP contribution in [0, 0.1) is 28.5 Å². The molecule has 1 saturated heterocycles. The van der Waals surface area contributed by atoms with Crippen molar-refractivity contribution in [1.29, 1.82) is 5.26 Å². The number of nitrogens with zero attached hydrogens (tertiary/aromatic N) is 7. The van der Waals surface area contributed by atoms with Crippen LogP contribution in [-0.4, -0.2) is 43.4 Å². The quantitative estimate of drug-likeness (QED) is 0.657. The summed E-state index contributed by atoms with van der Waals surface area (Å²) in [5.74, 6) is -0.575. The van der Waals surface area contributed by atoms with Gasteiger partial charge in [0.1, 0.15) is 10.9 Å². The number of ether oxygens (including phenoxy) is 1. The molecule has 2 aliphatic heterocycles. The Morgan fingerprint density at radius 2 is 2.13 bits per heavy atom. The maximum absolute atomic E-state index is 14.6. The first-order valence-electron chi connectivity index (χ1n) is 10.0. The molecule has 1 saturated carbocycles. The van der Waals surface area contributed by atoms with Gasteiger partial charge in [-0.15, -0.1) is 0 Å². The van der Waals surface area contributed by atoms with Gasteiger partial charge in [-0.1, -0.05) is 0 Å². The van der Waals surface area contributed by atoms with E-state index in [4.69, 9.17) is 4.74 Å². The maximum Gasteiger partial charge on any atom is 0.249 e. The molecule has 0 radical (unpaired) electrons. The Labute approximate surface area is 170 Å². The predicted molar refractivity (Wildman–Crippen MR) is 102 cm³/mol. The second kappa shape index (κ2) is 6.09. The average Bonchev–Trinajstić information content (AvgIpc) is 3.29. The molecule has 0 bridgehead atoms. The van der Waals surface area contributed by atoms with E-state index in [9.17, 15) is 14.4 Å². The van der Waals surface area contributed by atoms with Crippen LogP contribution in [0.1, 0.15) is 25.0 Å². The molecule has 0 N–H and O–H groups in total. The first kappa shape index (κ1) is 17.5. The molecule has 0 spiro atoms. The molecule has 1 amide bonds. The van der Waals surface area contributed by atoms with E-state index in [-0.39, 0.29) is 23.2 Å². The van der Waals surface area contributed by atoms with Crippen molar-refractivity contribution in [3.63, 3.8) is 0 Å². The second-order valence-corrected chi connectivity index (χ2v) is 8.08. The van der Waals surface area contributed by atoms with Crippen LogP contribution in [0.2, 0.25) is 0 Å². The fourth-order valence-electron chi connectivity index (χ4n) is 4.66. The summed E-state index contributed by atoms with van der Waals surface area (Å²) in [6.07, 6.45) is 6.63. The molecule has 3 aromatic rings. The molecule has 1 aliphatic carbocycles. The Morgan fingerprint density at radius 3 is 2.93 bits per heavy atom. The lowest BCUT2D eigenvalue weighted by Gasteiger charge is -2.21. The van der Waals surface area contributed by atoms with Crippen LogP contribution in [-0.2, 0) is 22.7 Å².